The van der Waals surface area contributed by atoms with E-state index in [2.05, 4.69) is 10.4 Å². The van der Waals surface area contributed by atoms with Crippen LogP contribution >= 0.6 is 0 Å². The lowest BCUT2D eigenvalue weighted by Gasteiger charge is -2.12. The molecule has 0 spiro atoms. The number of rotatable bonds is 5. The van der Waals surface area contributed by atoms with Gasteiger partial charge >= 0.3 is 5.97 Å². The van der Waals surface area contributed by atoms with Crippen molar-refractivity contribution in [2.24, 2.45) is 0 Å². The summed E-state index contributed by atoms with van der Waals surface area (Å²) in [5, 5.41) is 6.38. The van der Waals surface area contributed by atoms with Crippen LogP contribution in [0.3, 0.4) is 0 Å². The molecular weight excluding hydrogens is 317 g/mol. The SMILES string of the molecule is CCOC(=O)C(C)NC(=O)c1ccc(=O)n(-c2ccc(F)cc2)n1. The van der Waals surface area contributed by atoms with Gasteiger partial charge in [-0.15, -0.1) is 0 Å². The maximum absolute atomic E-state index is 13.0. The molecule has 0 fully saturated rings. The highest BCUT2D eigenvalue weighted by molar-refractivity contribution is 5.94. The maximum Gasteiger partial charge on any atom is 0.328 e. The molecule has 2 rings (SSSR count). The van der Waals surface area contributed by atoms with Gasteiger partial charge in [-0.3, -0.25) is 9.59 Å². The van der Waals surface area contributed by atoms with Crippen LogP contribution in [0, 0.1) is 5.82 Å². The Kier molecular flexibility index (Phi) is 5.41. The van der Waals surface area contributed by atoms with E-state index in [4.69, 9.17) is 4.74 Å². The van der Waals surface area contributed by atoms with E-state index in [-0.39, 0.29) is 12.3 Å². The Morgan fingerprint density at radius 3 is 2.54 bits per heavy atom. The number of hydrogen-bond acceptors (Lipinski definition) is 5. The van der Waals surface area contributed by atoms with Crippen LogP contribution in [-0.2, 0) is 9.53 Å². The van der Waals surface area contributed by atoms with Gasteiger partial charge in [-0.05, 0) is 44.2 Å². The molecule has 0 aliphatic heterocycles. The highest BCUT2D eigenvalue weighted by atomic mass is 19.1. The second kappa shape index (κ2) is 7.49. The van der Waals surface area contributed by atoms with Gasteiger partial charge in [0.2, 0.25) is 0 Å². The number of halogens is 1. The number of hydrogen-bond donors (Lipinski definition) is 1. The Hall–Kier alpha value is -3.03. The van der Waals surface area contributed by atoms with Gasteiger partial charge in [-0.1, -0.05) is 0 Å². The number of benzene rings is 1. The van der Waals surface area contributed by atoms with Gasteiger partial charge in [0.05, 0.1) is 12.3 Å². The Bertz CT molecular complexity index is 802. The number of amides is 1. The highest BCUT2D eigenvalue weighted by Crippen LogP contribution is 2.06. The second-order valence-electron chi connectivity index (χ2n) is 4.89. The van der Waals surface area contributed by atoms with Crippen molar-refractivity contribution in [3.8, 4) is 5.69 Å². The molecule has 1 heterocycles. The number of nitrogens with one attached hydrogen (secondary N) is 1. The largest absolute Gasteiger partial charge is 0.464 e. The molecular formula is C16H16FN3O4. The minimum atomic E-state index is -0.856. The third-order valence-corrected chi connectivity index (χ3v) is 3.09. The number of carbonyl (C=O) groups excluding carboxylic acids is 2. The molecule has 0 bridgehead atoms. The van der Waals surface area contributed by atoms with Crippen LogP contribution < -0.4 is 10.9 Å². The summed E-state index contributed by atoms with van der Waals surface area (Å²) in [6, 6.07) is 6.65. The topological polar surface area (TPSA) is 90.3 Å². The normalized spacial score (nSPS) is 11.6. The first-order valence-corrected chi connectivity index (χ1v) is 7.26. The smallest absolute Gasteiger partial charge is 0.328 e. The van der Waals surface area contributed by atoms with Crippen molar-refractivity contribution in [1.29, 1.82) is 0 Å². The molecule has 8 heteroatoms. The molecule has 2 aromatic rings. The first-order chi connectivity index (χ1) is 11.4. The van der Waals surface area contributed by atoms with E-state index in [0.717, 1.165) is 4.68 Å². The fourth-order valence-corrected chi connectivity index (χ4v) is 1.90. The summed E-state index contributed by atoms with van der Waals surface area (Å²) in [7, 11) is 0. The third kappa shape index (κ3) is 4.03. The zero-order valence-electron chi connectivity index (χ0n) is 13.2. The standard InChI is InChI=1S/C16H16FN3O4/c1-3-24-16(23)10(2)18-15(22)13-8-9-14(21)20(19-13)12-6-4-11(17)5-7-12/h4-10H,3H2,1-2H3,(H,18,22). The summed E-state index contributed by atoms with van der Waals surface area (Å²) in [6.07, 6.45) is 0. The number of esters is 1. The van der Waals surface area contributed by atoms with Crippen LogP contribution in [0.4, 0.5) is 4.39 Å². The zero-order valence-corrected chi connectivity index (χ0v) is 13.2. The molecule has 0 radical (unpaired) electrons. The Balaban J connectivity index is 2.24. The zero-order chi connectivity index (χ0) is 17.7. The van der Waals surface area contributed by atoms with Crippen molar-refractivity contribution >= 4 is 11.9 Å². The van der Waals surface area contributed by atoms with Gasteiger partial charge in [0.1, 0.15) is 17.6 Å². The van der Waals surface area contributed by atoms with E-state index in [1.54, 1.807) is 6.92 Å². The first kappa shape index (κ1) is 17.3. The molecule has 7 nitrogen and oxygen atoms in total. The molecule has 0 aliphatic carbocycles. The van der Waals surface area contributed by atoms with Crippen molar-refractivity contribution in [2.75, 3.05) is 6.61 Å². The van der Waals surface area contributed by atoms with Gasteiger partial charge < -0.3 is 10.1 Å². The van der Waals surface area contributed by atoms with Crippen molar-refractivity contribution in [3.05, 3.63) is 58.3 Å². The molecule has 0 aliphatic rings. The molecule has 1 aromatic heterocycles. The highest BCUT2D eigenvalue weighted by Gasteiger charge is 2.19. The van der Waals surface area contributed by atoms with E-state index in [1.165, 1.54) is 43.3 Å². The average Bonchev–Trinajstić information content (AvgIpc) is 2.56. The first-order valence-electron chi connectivity index (χ1n) is 7.26. The molecule has 1 aromatic carbocycles. The van der Waals surface area contributed by atoms with Gasteiger partial charge in [0, 0.05) is 6.07 Å². The number of ether oxygens (including phenoxy) is 1. The summed E-state index contributed by atoms with van der Waals surface area (Å²) < 4.78 is 18.8. The van der Waals surface area contributed by atoms with Gasteiger partial charge in [0.15, 0.2) is 0 Å². The Morgan fingerprint density at radius 1 is 1.25 bits per heavy atom. The van der Waals surface area contributed by atoms with Crippen LogP contribution in [0.5, 0.6) is 0 Å². The van der Waals surface area contributed by atoms with Crippen LogP contribution in [0.25, 0.3) is 5.69 Å². The average molecular weight is 333 g/mol. The lowest BCUT2D eigenvalue weighted by atomic mass is 10.3. The minimum absolute atomic E-state index is 0.0601. The predicted octanol–water partition coefficient (Wildman–Crippen LogP) is 1.05. The van der Waals surface area contributed by atoms with Crippen LogP contribution in [0.1, 0.15) is 24.3 Å². The van der Waals surface area contributed by atoms with Crippen LogP contribution in [0.15, 0.2) is 41.2 Å². The lowest BCUT2D eigenvalue weighted by molar-refractivity contribution is -0.144. The molecule has 0 saturated heterocycles. The van der Waals surface area contributed by atoms with Crippen LogP contribution in [-0.4, -0.2) is 34.3 Å². The molecule has 1 atom stereocenters. The third-order valence-electron chi connectivity index (χ3n) is 3.09. The fraction of sp³-hybridized carbons (Fsp3) is 0.250. The number of nitrogens with zero attached hydrogens (tertiary/aromatic N) is 2. The van der Waals surface area contributed by atoms with E-state index in [1.807, 2.05) is 0 Å². The van der Waals surface area contributed by atoms with Crippen molar-refractivity contribution in [2.45, 2.75) is 19.9 Å². The summed E-state index contributed by atoms with van der Waals surface area (Å²) >= 11 is 0. The van der Waals surface area contributed by atoms with Crippen molar-refractivity contribution in [1.82, 2.24) is 15.1 Å². The van der Waals surface area contributed by atoms with E-state index < -0.39 is 29.3 Å². The van der Waals surface area contributed by atoms with Gasteiger partial charge in [0.25, 0.3) is 11.5 Å². The van der Waals surface area contributed by atoms with E-state index in [0.29, 0.717) is 5.69 Å². The Labute approximate surface area is 137 Å². The molecule has 1 unspecified atom stereocenters. The molecule has 0 saturated carbocycles. The Morgan fingerprint density at radius 2 is 1.92 bits per heavy atom. The monoisotopic (exact) mass is 333 g/mol. The van der Waals surface area contributed by atoms with Crippen molar-refractivity contribution < 1.29 is 18.7 Å². The quantitative estimate of drug-likeness (QED) is 0.826. The fourth-order valence-electron chi connectivity index (χ4n) is 1.90. The predicted molar refractivity (Wildman–Crippen MR) is 83.4 cm³/mol. The maximum atomic E-state index is 13.0. The van der Waals surface area contributed by atoms with E-state index >= 15 is 0 Å². The van der Waals surface area contributed by atoms with Gasteiger partial charge in [-0.2, -0.15) is 9.78 Å². The summed E-state index contributed by atoms with van der Waals surface area (Å²) in [6.45, 7) is 3.34. The van der Waals surface area contributed by atoms with Crippen molar-refractivity contribution in [3.63, 3.8) is 0 Å². The van der Waals surface area contributed by atoms with Crippen LogP contribution in [0.2, 0.25) is 0 Å². The molecule has 126 valence electrons. The number of aromatic nitrogens is 2. The second-order valence-corrected chi connectivity index (χ2v) is 4.89. The summed E-state index contributed by atoms with van der Waals surface area (Å²) in [5.41, 5.74) is -0.221. The lowest BCUT2D eigenvalue weighted by Crippen LogP contribution is -2.40. The molecule has 1 amide bonds. The van der Waals surface area contributed by atoms with E-state index in [9.17, 15) is 18.8 Å². The minimum Gasteiger partial charge on any atom is -0.464 e. The summed E-state index contributed by atoms with van der Waals surface area (Å²) in [5.74, 6) is -1.66. The molecule has 24 heavy (non-hydrogen) atoms. The summed E-state index contributed by atoms with van der Waals surface area (Å²) in [4.78, 5) is 35.6. The molecule has 1 N–H and O–H groups in total. The van der Waals surface area contributed by atoms with Gasteiger partial charge in [-0.25, -0.2) is 9.18 Å². The number of carbonyl (C=O) groups is 2.